The Bertz CT molecular complexity index is 624. The number of benzene rings is 1. The van der Waals surface area contributed by atoms with Gasteiger partial charge < -0.3 is 14.8 Å². The van der Waals surface area contributed by atoms with Gasteiger partial charge in [-0.25, -0.2) is 0 Å². The third-order valence-electron chi connectivity index (χ3n) is 3.21. The number of anilines is 1. The SMILES string of the molecule is O=C([O-])[C@H]1SC[C@@H]2C(=O)N(c3ccccc3Br)C(=S)N21. The molecule has 0 bridgehead atoms. The largest absolute Gasteiger partial charge is 0.547 e. The van der Waals surface area contributed by atoms with Gasteiger partial charge in [-0.1, -0.05) is 12.1 Å². The first-order chi connectivity index (χ1) is 9.52. The molecule has 2 aliphatic rings. The van der Waals surface area contributed by atoms with Crippen molar-refractivity contribution >= 4 is 62.6 Å². The molecule has 8 heteroatoms. The number of hydrogen-bond acceptors (Lipinski definition) is 5. The van der Waals surface area contributed by atoms with E-state index in [4.69, 9.17) is 12.2 Å². The van der Waals surface area contributed by atoms with E-state index < -0.39 is 17.4 Å². The van der Waals surface area contributed by atoms with Crippen molar-refractivity contribution in [2.75, 3.05) is 10.7 Å². The zero-order valence-electron chi connectivity index (χ0n) is 9.98. The van der Waals surface area contributed by atoms with Gasteiger partial charge in [-0.15, -0.1) is 11.8 Å². The molecule has 2 saturated heterocycles. The van der Waals surface area contributed by atoms with Crippen LogP contribution < -0.4 is 10.0 Å². The number of carbonyl (C=O) groups is 2. The summed E-state index contributed by atoms with van der Waals surface area (Å²) in [6.45, 7) is 0. The number of thioether (sulfide) groups is 1. The van der Waals surface area contributed by atoms with Crippen molar-refractivity contribution in [3.05, 3.63) is 28.7 Å². The monoisotopic (exact) mass is 371 g/mol. The predicted molar refractivity (Wildman–Crippen MR) is 81.1 cm³/mol. The average molecular weight is 372 g/mol. The van der Waals surface area contributed by atoms with E-state index in [9.17, 15) is 14.7 Å². The fourth-order valence-corrected chi connectivity index (χ4v) is 4.49. The molecule has 1 amide bonds. The van der Waals surface area contributed by atoms with Crippen LogP contribution in [0.2, 0.25) is 0 Å². The number of carboxylic acid groups (broad SMARTS) is 1. The zero-order chi connectivity index (χ0) is 14.4. The summed E-state index contributed by atoms with van der Waals surface area (Å²) in [7, 11) is 0. The standard InChI is InChI=1S/C12H9BrN2O3S2/c13-6-3-1-2-4-7(6)14-9(16)8-5-20-10(11(17)18)15(8)12(14)19/h1-4,8,10H,5H2,(H,17,18)/p-1/t8-,10-/m1/s1. The topological polar surface area (TPSA) is 63.7 Å². The number of nitrogens with zero attached hydrogens (tertiary/aromatic N) is 2. The third kappa shape index (κ3) is 1.94. The molecule has 0 radical (unpaired) electrons. The molecule has 104 valence electrons. The van der Waals surface area contributed by atoms with Gasteiger partial charge in [-0.05, 0) is 40.3 Å². The second kappa shape index (κ2) is 5.01. The average Bonchev–Trinajstić information content (AvgIpc) is 2.93. The second-order valence-corrected chi connectivity index (χ2v) is 6.67. The van der Waals surface area contributed by atoms with Gasteiger partial charge in [0.05, 0.1) is 11.7 Å². The molecule has 1 aromatic carbocycles. The van der Waals surface area contributed by atoms with Gasteiger partial charge in [-0.2, -0.15) is 0 Å². The highest BCUT2D eigenvalue weighted by Gasteiger charge is 2.51. The van der Waals surface area contributed by atoms with Crippen molar-refractivity contribution in [2.45, 2.75) is 11.4 Å². The summed E-state index contributed by atoms with van der Waals surface area (Å²) >= 11 is 9.85. The maximum atomic E-state index is 12.5. The number of aliphatic carboxylic acids is 1. The maximum Gasteiger partial charge on any atom is 0.257 e. The molecule has 0 saturated carbocycles. The fourth-order valence-electron chi connectivity index (χ4n) is 2.33. The Morgan fingerprint density at radius 1 is 1.45 bits per heavy atom. The van der Waals surface area contributed by atoms with Crippen LogP contribution in [-0.4, -0.2) is 39.1 Å². The van der Waals surface area contributed by atoms with Gasteiger partial charge in [0, 0.05) is 10.2 Å². The van der Waals surface area contributed by atoms with Gasteiger partial charge in [0.25, 0.3) is 5.91 Å². The Morgan fingerprint density at radius 3 is 2.80 bits per heavy atom. The van der Waals surface area contributed by atoms with Gasteiger partial charge in [0.15, 0.2) is 5.11 Å². The van der Waals surface area contributed by atoms with Crippen LogP contribution >= 0.6 is 39.9 Å². The number of rotatable bonds is 2. The third-order valence-corrected chi connectivity index (χ3v) is 5.52. The molecular formula is C12H8BrN2O3S2-. The molecular weight excluding hydrogens is 364 g/mol. The summed E-state index contributed by atoms with van der Waals surface area (Å²) < 4.78 is 0.731. The number of fused-ring (bicyclic) bond motifs is 1. The van der Waals surface area contributed by atoms with Crippen LogP contribution in [0.4, 0.5) is 5.69 Å². The Balaban J connectivity index is 2.01. The van der Waals surface area contributed by atoms with Crippen molar-refractivity contribution in [1.29, 1.82) is 0 Å². The van der Waals surface area contributed by atoms with Crippen molar-refractivity contribution in [1.82, 2.24) is 4.90 Å². The molecule has 5 nitrogen and oxygen atoms in total. The Morgan fingerprint density at radius 2 is 2.15 bits per heavy atom. The summed E-state index contributed by atoms with van der Waals surface area (Å²) in [5.74, 6) is -1.02. The van der Waals surface area contributed by atoms with E-state index in [0.29, 0.717) is 11.4 Å². The van der Waals surface area contributed by atoms with Crippen molar-refractivity contribution in [2.24, 2.45) is 0 Å². The highest BCUT2D eigenvalue weighted by Crippen LogP contribution is 2.39. The predicted octanol–water partition coefficient (Wildman–Crippen LogP) is 0.574. The highest BCUT2D eigenvalue weighted by molar-refractivity contribution is 9.10. The number of carboxylic acids is 1. The lowest BCUT2D eigenvalue weighted by Crippen LogP contribution is -2.46. The van der Waals surface area contributed by atoms with Gasteiger partial charge in [0.1, 0.15) is 11.4 Å². The lowest BCUT2D eigenvalue weighted by molar-refractivity contribution is -0.307. The normalized spacial score (nSPS) is 25.2. The minimum atomic E-state index is -1.22. The van der Waals surface area contributed by atoms with Gasteiger partial charge >= 0.3 is 0 Å². The van der Waals surface area contributed by atoms with Crippen LogP contribution in [0.15, 0.2) is 28.7 Å². The molecule has 20 heavy (non-hydrogen) atoms. The van der Waals surface area contributed by atoms with Crippen LogP contribution in [0.3, 0.4) is 0 Å². The van der Waals surface area contributed by atoms with E-state index in [1.165, 1.54) is 21.6 Å². The summed E-state index contributed by atoms with van der Waals surface area (Å²) in [4.78, 5) is 26.4. The number of halogens is 1. The zero-order valence-corrected chi connectivity index (χ0v) is 13.2. The van der Waals surface area contributed by atoms with E-state index in [2.05, 4.69) is 15.9 Å². The minimum Gasteiger partial charge on any atom is -0.547 e. The summed E-state index contributed by atoms with van der Waals surface area (Å²) in [6, 6.07) is 6.67. The number of para-hydroxylation sites is 1. The molecule has 0 N–H and O–H groups in total. The molecule has 2 fully saturated rings. The van der Waals surface area contributed by atoms with E-state index >= 15 is 0 Å². The van der Waals surface area contributed by atoms with E-state index in [1.807, 2.05) is 6.07 Å². The van der Waals surface area contributed by atoms with Crippen molar-refractivity contribution in [3.63, 3.8) is 0 Å². The first kappa shape index (κ1) is 13.8. The molecule has 3 rings (SSSR count). The molecule has 0 aliphatic carbocycles. The summed E-state index contributed by atoms with van der Waals surface area (Å²) in [5.41, 5.74) is 0.624. The Hall–Kier alpha value is -1.12. The lowest BCUT2D eigenvalue weighted by Gasteiger charge is -2.26. The lowest BCUT2D eigenvalue weighted by atomic mass is 10.2. The molecule has 0 unspecified atom stereocenters. The smallest absolute Gasteiger partial charge is 0.257 e. The van der Waals surface area contributed by atoms with Crippen LogP contribution in [0.1, 0.15) is 0 Å². The van der Waals surface area contributed by atoms with Gasteiger partial charge in [-0.3, -0.25) is 9.69 Å². The minimum absolute atomic E-state index is 0.196. The molecule has 2 aliphatic heterocycles. The van der Waals surface area contributed by atoms with Crippen molar-refractivity contribution < 1.29 is 14.7 Å². The van der Waals surface area contributed by atoms with Crippen LogP contribution in [-0.2, 0) is 9.59 Å². The fraction of sp³-hybridized carbons (Fsp3) is 0.250. The van der Waals surface area contributed by atoms with Crippen LogP contribution in [0.5, 0.6) is 0 Å². The number of amides is 1. The van der Waals surface area contributed by atoms with E-state index in [0.717, 1.165) is 4.47 Å². The number of thiocarbonyl (C=S) groups is 1. The van der Waals surface area contributed by atoms with Crippen molar-refractivity contribution in [3.8, 4) is 0 Å². The Kier molecular flexibility index (Phi) is 3.47. The number of hydrogen-bond donors (Lipinski definition) is 0. The van der Waals surface area contributed by atoms with Crippen LogP contribution in [0.25, 0.3) is 0 Å². The van der Waals surface area contributed by atoms with Gasteiger partial charge in [0.2, 0.25) is 0 Å². The Labute approximate surface area is 133 Å². The maximum absolute atomic E-state index is 12.5. The molecule has 2 heterocycles. The molecule has 1 aromatic rings. The first-order valence-electron chi connectivity index (χ1n) is 5.75. The summed E-state index contributed by atoms with van der Waals surface area (Å²) in [6.07, 6.45) is 0. The van der Waals surface area contributed by atoms with Crippen LogP contribution in [0, 0.1) is 0 Å². The molecule has 2 atom stereocenters. The number of carbonyl (C=O) groups excluding carboxylic acids is 2. The second-order valence-electron chi connectivity index (χ2n) is 4.34. The van der Waals surface area contributed by atoms with E-state index in [1.54, 1.807) is 18.2 Å². The summed E-state index contributed by atoms with van der Waals surface area (Å²) in [5, 5.41) is 10.4. The van der Waals surface area contributed by atoms with E-state index in [-0.39, 0.29) is 11.0 Å². The molecule has 0 aromatic heterocycles. The highest BCUT2D eigenvalue weighted by atomic mass is 79.9. The first-order valence-corrected chi connectivity index (χ1v) is 8.00. The quantitative estimate of drug-likeness (QED) is 0.708. The molecule has 0 spiro atoms.